The van der Waals surface area contributed by atoms with E-state index in [4.69, 9.17) is 21.1 Å². The Bertz CT molecular complexity index is 1410. The van der Waals surface area contributed by atoms with E-state index in [0.717, 1.165) is 5.69 Å². The van der Waals surface area contributed by atoms with Crippen molar-refractivity contribution >= 4 is 39.9 Å². The van der Waals surface area contributed by atoms with Crippen LogP contribution in [0, 0.1) is 0 Å². The molecule has 2 heterocycles. The number of rotatable bonds is 10. The third-order valence-electron chi connectivity index (χ3n) is 6.07. The van der Waals surface area contributed by atoms with Crippen LogP contribution in [0.4, 0.5) is 11.5 Å². The zero-order chi connectivity index (χ0) is 25.8. The van der Waals surface area contributed by atoms with Crippen molar-refractivity contribution in [1.29, 1.82) is 0 Å². The van der Waals surface area contributed by atoms with Crippen molar-refractivity contribution in [2.45, 2.75) is 25.0 Å². The van der Waals surface area contributed by atoms with Gasteiger partial charge in [0.1, 0.15) is 42.5 Å². The molecule has 0 bridgehead atoms. The number of hydrogen-bond acceptors (Lipinski definition) is 8. The van der Waals surface area contributed by atoms with Crippen LogP contribution < -0.4 is 14.8 Å². The maximum atomic E-state index is 12.3. The molecule has 1 aliphatic rings. The SMILES string of the molecule is CN(CCOc1cccc2ncnc(Nc3ccc(OCc4ccccn4)c(Cl)c3)c12)C(=O)C1(O)CC1. The first-order chi connectivity index (χ1) is 17.9. The van der Waals surface area contributed by atoms with E-state index in [2.05, 4.69) is 20.3 Å². The predicted octanol–water partition coefficient (Wildman–Crippen LogP) is 4.36. The molecule has 0 unspecified atom stereocenters. The number of likely N-dealkylation sites (N-methyl/N-ethyl adjacent to an activating group) is 1. The molecule has 2 aromatic heterocycles. The molecule has 1 amide bonds. The molecule has 2 aromatic carbocycles. The van der Waals surface area contributed by atoms with Crippen molar-refractivity contribution in [2.75, 3.05) is 25.5 Å². The summed E-state index contributed by atoms with van der Waals surface area (Å²) in [6.07, 6.45) is 4.21. The second-order valence-electron chi connectivity index (χ2n) is 8.86. The average Bonchev–Trinajstić information content (AvgIpc) is 3.67. The van der Waals surface area contributed by atoms with Crippen molar-refractivity contribution in [3.05, 3.63) is 77.8 Å². The van der Waals surface area contributed by atoms with Crippen LogP contribution in [0.3, 0.4) is 0 Å². The monoisotopic (exact) mass is 519 g/mol. The Balaban J connectivity index is 1.29. The quantitative estimate of drug-likeness (QED) is 0.318. The number of benzene rings is 2. The molecule has 190 valence electrons. The molecule has 2 N–H and O–H groups in total. The molecule has 0 radical (unpaired) electrons. The summed E-state index contributed by atoms with van der Waals surface area (Å²) in [5.41, 5.74) is 1.03. The van der Waals surface area contributed by atoms with Crippen LogP contribution in [0.15, 0.2) is 67.1 Å². The number of halogens is 1. The highest BCUT2D eigenvalue weighted by Gasteiger charge is 2.49. The fraction of sp³-hybridized carbons (Fsp3) is 0.259. The van der Waals surface area contributed by atoms with Gasteiger partial charge in [-0.15, -0.1) is 0 Å². The first kappa shape index (κ1) is 24.7. The Morgan fingerprint density at radius 2 is 1.95 bits per heavy atom. The van der Waals surface area contributed by atoms with Crippen LogP contribution in [0.2, 0.25) is 5.02 Å². The fourth-order valence-electron chi connectivity index (χ4n) is 3.84. The lowest BCUT2D eigenvalue weighted by molar-refractivity contribution is -0.141. The Labute approximate surface area is 219 Å². The molecule has 0 atom stereocenters. The van der Waals surface area contributed by atoms with Gasteiger partial charge in [-0.2, -0.15) is 0 Å². The summed E-state index contributed by atoms with van der Waals surface area (Å²) in [4.78, 5) is 26.8. The Morgan fingerprint density at radius 3 is 2.70 bits per heavy atom. The number of aliphatic hydroxyl groups is 1. The number of aromatic nitrogens is 3. The van der Waals surface area contributed by atoms with E-state index < -0.39 is 5.60 Å². The Kier molecular flexibility index (Phi) is 7.07. The van der Waals surface area contributed by atoms with Gasteiger partial charge >= 0.3 is 0 Å². The van der Waals surface area contributed by atoms with Crippen LogP contribution in [0.5, 0.6) is 11.5 Å². The molecule has 10 heteroatoms. The maximum absolute atomic E-state index is 12.3. The standard InChI is InChI=1S/C27H26ClN5O4/c1-33(26(34)27(35)10-11-27)13-14-36-23-7-4-6-21-24(23)25(31-17-30-21)32-18-8-9-22(20(28)15-18)37-16-19-5-2-3-12-29-19/h2-9,12,15,17,35H,10-11,13-14,16H2,1H3,(H,30,31,32). The van der Waals surface area contributed by atoms with Gasteiger partial charge in [0, 0.05) is 18.9 Å². The van der Waals surface area contributed by atoms with Crippen LogP contribution >= 0.6 is 11.6 Å². The van der Waals surface area contributed by atoms with E-state index in [1.54, 1.807) is 25.4 Å². The number of hydrogen-bond donors (Lipinski definition) is 2. The number of fused-ring (bicyclic) bond motifs is 1. The molecule has 1 aliphatic carbocycles. The van der Waals surface area contributed by atoms with Gasteiger partial charge in [0.05, 0.1) is 28.2 Å². The van der Waals surface area contributed by atoms with E-state index >= 15 is 0 Å². The van der Waals surface area contributed by atoms with Crippen LogP contribution in [0.25, 0.3) is 10.9 Å². The molecule has 0 saturated heterocycles. The van der Waals surface area contributed by atoms with Gasteiger partial charge in [-0.3, -0.25) is 9.78 Å². The molecule has 37 heavy (non-hydrogen) atoms. The molecule has 0 aliphatic heterocycles. The highest BCUT2D eigenvalue weighted by molar-refractivity contribution is 6.32. The van der Waals surface area contributed by atoms with Crippen molar-refractivity contribution < 1.29 is 19.4 Å². The fourth-order valence-corrected chi connectivity index (χ4v) is 4.08. The number of anilines is 2. The second kappa shape index (κ2) is 10.6. The third kappa shape index (κ3) is 5.73. The highest BCUT2D eigenvalue weighted by atomic mass is 35.5. The van der Waals surface area contributed by atoms with Gasteiger partial charge in [0.15, 0.2) is 0 Å². The van der Waals surface area contributed by atoms with Crippen molar-refractivity contribution in [2.24, 2.45) is 0 Å². The number of nitrogens with one attached hydrogen (secondary N) is 1. The average molecular weight is 520 g/mol. The van der Waals surface area contributed by atoms with E-state index in [0.29, 0.717) is 64.9 Å². The number of nitrogens with zero attached hydrogens (tertiary/aromatic N) is 4. The number of carbonyl (C=O) groups is 1. The van der Waals surface area contributed by atoms with Crippen molar-refractivity contribution in [3.63, 3.8) is 0 Å². The summed E-state index contributed by atoms with van der Waals surface area (Å²) < 4.78 is 11.8. The minimum atomic E-state index is -1.20. The topological polar surface area (TPSA) is 110 Å². The molecular weight excluding hydrogens is 494 g/mol. The van der Waals surface area contributed by atoms with Gasteiger partial charge in [-0.05, 0) is 55.3 Å². The summed E-state index contributed by atoms with van der Waals surface area (Å²) in [7, 11) is 1.66. The summed E-state index contributed by atoms with van der Waals surface area (Å²) >= 11 is 6.48. The van der Waals surface area contributed by atoms with Gasteiger partial charge < -0.3 is 24.8 Å². The molecular formula is C27H26ClN5O4. The maximum Gasteiger partial charge on any atom is 0.254 e. The lowest BCUT2D eigenvalue weighted by Crippen LogP contribution is -2.39. The number of ether oxygens (including phenoxy) is 2. The predicted molar refractivity (Wildman–Crippen MR) is 140 cm³/mol. The first-order valence-electron chi connectivity index (χ1n) is 11.9. The largest absolute Gasteiger partial charge is 0.491 e. The lowest BCUT2D eigenvalue weighted by Gasteiger charge is -2.20. The van der Waals surface area contributed by atoms with Crippen LogP contribution in [0.1, 0.15) is 18.5 Å². The zero-order valence-electron chi connectivity index (χ0n) is 20.2. The van der Waals surface area contributed by atoms with Gasteiger partial charge in [-0.25, -0.2) is 9.97 Å². The molecule has 1 fully saturated rings. The molecule has 9 nitrogen and oxygen atoms in total. The molecule has 0 spiro atoms. The Hall–Kier alpha value is -3.95. The van der Waals surface area contributed by atoms with E-state index in [1.807, 2.05) is 42.5 Å². The highest BCUT2D eigenvalue weighted by Crippen LogP contribution is 2.37. The summed E-state index contributed by atoms with van der Waals surface area (Å²) in [6.45, 7) is 0.897. The minimum absolute atomic E-state index is 0.250. The van der Waals surface area contributed by atoms with Crippen molar-refractivity contribution in [3.8, 4) is 11.5 Å². The van der Waals surface area contributed by atoms with Crippen LogP contribution in [-0.2, 0) is 11.4 Å². The Morgan fingerprint density at radius 1 is 1.08 bits per heavy atom. The van der Waals surface area contributed by atoms with Crippen LogP contribution in [-0.4, -0.2) is 56.7 Å². The molecule has 5 rings (SSSR count). The van der Waals surface area contributed by atoms with Gasteiger partial charge in [0.25, 0.3) is 5.91 Å². The van der Waals surface area contributed by atoms with E-state index in [-0.39, 0.29) is 12.5 Å². The summed E-state index contributed by atoms with van der Waals surface area (Å²) in [6, 6.07) is 16.6. The van der Waals surface area contributed by atoms with Gasteiger partial charge in [-0.1, -0.05) is 23.7 Å². The molecule has 1 saturated carbocycles. The smallest absolute Gasteiger partial charge is 0.254 e. The third-order valence-corrected chi connectivity index (χ3v) is 6.37. The zero-order valence-corrected chi connectivity index (χ0v) is 21.0. The first-order valence-corrected chi connectivity index (χ1v) is 12.2. The summed E-state index contributed by atoms with van der Waals surface area (Å²) in [5.74, 6) is 1.40. The normalized spacial score (nSPS) is 13.7. The molecule has 4 aromatic rings. The summed E-state index contributed by atoms with van der Waals surface area (Å²) in [5, 5.41) is 14.5. The van der Waals surface area contributed by atoms with Crippen molar-refractivity contribution in [1.82, 2.24) is 19.9 Å². The lowest BCUT2D eigenvalue weighted by atomic mass is 10.2. The number of pyridine rings is 1. The number of amides is 1. The number of carbonyl (C=O) groups excluding carboxylic acids is 1. The van der Waals surface area contributed by atoms with E-state index in [1.165, 1.54) is 11.2 Å². The minimum Gasteiger partial charge on any atom is -0.491 e. The van der Waals surface area contributed by atoms with Gasteiger partial charge in [0.2, 0.25) is 0 Å². The second-order valence-corrected chi connectivity index (χ2v) is 9.27. The van der Waals surface area contributed by atoms with E-state index in [9.17, 15) is 9.90 Å².